The van der Waals surface area contributed by atoms with Crippen LogP contribution in [0.4, 0.5) is 0 Å². The van der Waals surface area contributed by atoms with Crippen LogP contribution in [0.15, 0.2) is 0 Å². The van der Waals surface area contributed by atoms with E-state index >= 15 is 0 Å². The predicted molar refractivity (Wildman–Crippen MR) is 69.8 cm³/mol. The Kier molecular flexibility index (Phi) is 4.43. The number of hydrogen-bond acceptors (Lipinski definition) is 2. The van der Waals surface area contributed by atoms with Crippen LogP contribution in [0.25, 0.3) is 0 Å². The maximum absolute atomic E-state index is 12.2. The molecule has 3 nitrogen and oxygen atoms in total. The van der Waals surface area contributed by atoms with Gasteiger partial charge in [-0.1, -0.05) is 26.7 Å². The minimum absolute atomic E-state index is 0.368. The largest absolute Gasteiger partial charge is 0.339 e. The summed E-state index contributed by atoms with van der Waals surface area (Å²) in [5, 5.41) is 3.32. The number of nitrogens with zero attached hydrogens (tertiary/aromatic N) is 1. The lowest BCUT2D eigenvalue weighted by Gasteiger charge is -2.31. The van der Waals surface area contributed by atoms with E-state index < -0.39 is 0 Å². The molecule has 2 atom stereocenters. The molecule has 2 unspecified atom stereocenters. The van der Waals surface area contributed by atoms with Crippen molar-refractivity contribution in [3.8, 4) is 0 Å². The van der Waals surface area contributed by atoms with Crippen LogP contribution in [-0.4, -0.2) is 36.0 Å². The van der Waals surface area contributed by atoms with Gasteiger partial charge in [0.15, 0.2) is 0 Å². The molecule has 2 aliphatic rings. The van der Waals surface area contributed by atoms with Gasteiger partial charge in [-0.25, -0.2) is 0 Å². The average Bonchev–Trinajstić information content (AvgIpc) is 2.72. The quantitative estimate of drug-likeness (QED) is 0.814. The SMILES string of the molecule is CC(C)NCCC(=O)N1CCC2CCCCC21. The average molecular weight is 238 g/mol. The molecule has 3 heteroatoms. The lowest BCUT2D eigenvalue weighted by atomic mass is 9.85. The first-order valence-electron chi connectivity index (χ1n) is 7.21. The summed E-state index contributed by atoms with van der Waals surface area (Å²) < 4.78 is 0. The maximum Gasteiger partial charge on any atom is 0.224 e. The van der Waals surface area contributed by atoms with Crippen molar-refractivity contribution in [3.05, 3.63) is 0 Å². The lowest BCUT2D eigenvalue weighted by molar-refractivity contribution is -0.132. The Hall–Kier alpha value is -0.570. The highest BCUT2D eigenvalue weighted by atomic mass is 16.2. The van der Waals surface area contributed by atoms with Crippen molar-refractivity contribution in [1.29, 1.82) is 0 Å². The third kappa shape index (κ3) is 3.21. The van der Waals surface area contributed by atoms with Crippen molar-refractivity contribution < 1.29 is 4.79 Å². The summed E-state index contributed by atoms with van der Waals surface area (Å²) in [5.41, 5.74) is 0. The second-order valence-corrected chi connectivity index (χ2v) is 5.85. The van der Waals surface area contributed by atoms with Gasteiger partial charge in [-0.05, 0) is 25.2 Å². The van der Waals surface area contributed by atoms with E-state index in [-0.39, 0.29) is 0 Å². The summed E-state index contributed by atoms with van der Waals surface area (Å²) in [6.07, 6.45) is 7.19. The fourth-order valence-corrected chi connectivity index (χ4v) is 3.33. The van der Waals surface area contributed by atoms with Gasteiger partial charge in [-0.2, -0.15) is 0 Å². The molecule has 0 aromatic rings. The third-order valence-electron chi connectivity index (χ3n) is 4.22. The summed E-state index contributed by atoms with van der Waals surface area (Å²) in [4.78, 5) is 14.3. The number of carbonyl (C=O) groups is 1. The Morgan fingerprint density at radius 2 is 2.06 bits per heavy atom. The van der Waals surface area contributed by atoms with Gasteiger partial charge in [0, 0.05) is 31.6 Å². The first-order valence-corrected chi connectivity index (χ1v) is 7.21. The number of nitrogens with one attached hydrogen (secondary N) is 1. The van der Waals surface area contributed by atoms with Crippen LogP contribution in [0, 0.1) is 5.92 Å². The van der Waals surface area contributed by atoms with Crippen molar-refractivity contribution in [2.75, 3.05) is 13.1 Å². The molecular weight excluding hydrogens is 212 g/mol. The molecule has 2 fully saturated rings. The first-order chi connectivity index (χ1) is 8.18. The molecule has 0 aromatic carbocycles. The summed E-state index contributed by atoms with van der Waals surface area (Å²) in [6, 6.07) is 1.05. The van der Waals surface area contributed by atoms with Gasteiger partial charge < -0.3 is 10.2 Å². The van der Waals surface area contributed by atoms with Gasteiger partial charge in [-0.15, -0.1) is 0 Å². The lowest BCUT2D eigenvalue weighted by Crippen LogP contribution is -2.40. The molecule has 2 rings (SSSR count). The Balaban J connectivity index is 1.79. The Morgan fingerprint density at radius 3 is 2.82 bits per heavy atom. The fraction of sp³-hybridized carbons (Fsp3) is 0.929. The van der Waals surface area contributed by atoms with Crippen molar-refractivity contribution in [3.63, 3.8) is 0 Å². The summed E-state index contributed by atoms with van der Waals surface area (Å²) in [6.45, 7) is 6.08. The van der Waals surface area contributed by atoms with Gasteiger partial charge in [0.2, 0.25) is 5.91 Å². The molecule has 1 heterocycles. The molecular formula is C14H26N2O. The summed E-state index contributed by atoms with van der Waals surface area (Å²) in [7, 11) is 0. The zero-order valence-corrected chi connectivity index (χ0v) is 11.2. The smallest absolute Gasteiger partial charge is 0.224 e. The van der Waals surface area contributed by atoms with Gasteiger partial charge in [0.25, 0.3) is 0 Å². The highest BCUT2D eigenvalue weighted by molar-refractivity contribution is 5.77. The Morgan fingerprint density at radius 1 is 1.29 bits per heavy atom. The first kappa shape index (κ1) is 12.9. The van der Waals surface area contributed by atoms with Crippen LogP contribution in [0.3, 0.4) is 0 Å². The highest BCUT2D eigenvalue weighted by Gasteiger charge is 2.37. The molecule has 0 aromatic heterocycles. The van der Waals surface area contributed by atoms with Gasteiger partial charge in [0.05, 0.1) is 0 Å². The molecule has 1 saturated heterocycles. The van der Waals surface area contributed by atoms with Gasteiger partial charge >= 0.3 is 0 Å². The molecule has 1 aliphatic carbocycles. The summed E-state index contributed by atoms with van der Waals surface area (Å²) >= 11 is 0. The molecule has 17 heavy (non-hydrogen) atoms. The molecule has 0 bridgehead atoms. The van der Waals surface area contributed by atoms with Gasteiger partial charge in [-0.3, -0.25) is 4.79 Å². The molecule has 1 saturated carbocycles. The van der Waals surface area contributed by atoms with E-state index in [1.54, 1.807) is 0 Å². The fourth-order valence-electron chi connectivity index (χ4n) is 3.33. The van der Waals surface area contributed by atoms with Crippen molar-refractivity contribution >= 4 is 5.91 Å². The molecule has 0 radical (unpaired) electrons. The van der Waals surface area contributed by atoms with Crippen molar-refractivity contribution in [2.24, 2.45) is 5.92 Å². The standard InChI is InChI=1S/C14H26N2O/c1-11(2)15-9-7-14(17)16-10-8-12-5-3-4-6-13(12)16/h11-13,15H,3-10H2,1-2H3. The zero-order valence-electron chi connectivity index (χ0n) is 11.2. The number of likely N-dealkylation sites (tertiary alicyclic amines) is 1. The normalized spacial score (nSPS) is 28.5. The minimum atomic E-state index is 0.368. The van der Waals surface area contributed by atoms with E-state index in [2.05, 4.69) is 24.1 Å². The number of hydrogen-bond donors (Lipinski definition) is 1. The predicted octanol–water partition coefficient (Wildman–Crippen LogP) is 2.17. The number of amides is 1. The van der Waals surface area contributed by atoms with Crippen LogP contribution in [0.1, 0.15) is 52.4 Å². The van der Waals surface area contributed by atoms with Crippen LogP contribution in [0.2, 0.25) is 0 Å². The highest BCUT2D eigenvalue weighted by Crippen LogP contribution is 2.36. The second-order valence-electron chi connectivity index (χ2n) is 5.85. The van der Waals surface area contributed by atoms with E-state index in [0.717, 1.165) is 19.0 Å². The number of fused-ring (bicyclic) bond motifs is 1. The van der Waals surface area contributed by atoms with Crippen LogP contribution in [-0.2, 0) is 4.79 Å². The second kappa shape index (κ2) is 5.85. The van der Waals surface area contributed by atoms with Crippen molar-refractivity contribution in [2.45, 2.75) is 64.5 Å². The minimum Gasteiger partial charge on any atom is -0.339 e. The van der Waals surface area contributed by atoms with Crippen LogP contribution >= 0.6 is 0 Å². The van der Waals surface area contributed by atoms with Crippen LogP contribution < -0.4 is 5.32 Å². The van der Waals surface area contributed by atoms with E-state index in [1.807, 2.05) is 0 Å². The van der Waals surface area contributed by atoms with Crippen LogP contribution in [0.5, 0.6) is 0 Å². The third-order valence-corrected chi connectivity index (χ3v) is 4.22. The van der Waals surface area contributed by atoms with E-state index in [1.165, 1.54) is 32.1 Å². The Labute approximate surface area is 105 Å². The van der Waals surface area contributed by atoms with E-state index in [4.69, 9.17) is 0 Å². The topological polar surface area (TPSA) is 32.3 Å². The number of rotatable bonds is 4. The van der Waals surface area contributed by atoms with Crippen molar-refractivity contribution in [1.82, 2.24) is 10.2 Å². The molecule has 1 amide bonds. The molecule has 1 aliphatic heterocycles. The molecule has 98 valence electrons. The van der Waals surface area contributed by atoms with Gasteiger partial charge in [0.1, 0.15) is 0 Å². The maximum atomic E-state index is 12.2. The monoisotopic (exact) mass is 238 g/mol. The molecule has 1 N–H and O–H groups in total. The molecule has 0 spiro atoms. The van der Waals surface area contributed by atoms with E-state index in [9.17, 15) is 4.79 Å². The zero-order chi connectivity index (χ0) is 12.3. The summed E-state index contributed by atoms with van der Waals surface area (Å²) in [5.74, 6) is 1.18. The Bertz CT molecular complexity index is 265. The number of carbonyl (C=O) groups excluding carboxylic acids is 1. The van der Waals surface area contributed by atoms with E-state index in [0.29, 0.717) is 24.4 Å².